The van der Waals surface area contributed by atoms with Crippen LogP contribution in [-0.2, 0) is 24.8 Å². The van der Waals surface area contributed by atoms with Crippen LogP contribution in [-0.4, -0.2) is 86.2 Å². The maximum atomic E-state index is 12.9. The number of aryl methyl sites for hydroxylation is 1. The fraction of sp³-hybridized carbons (Fsp3) is 0.417. The Balaban J connectivity index is 1.38. The number of carbonyl (C=O) groups is 2. The number of carbonyl (C=O) groups excluding carboxylic acids is 2. The Morgan fingerprint density at radius 1 is 0.971 bits per heavy atom. The Kier molecular flexibility index (Phi) is 6.06. The summed E-state index contributed by atoms with van der Waals surface area (Å²) in [5.41, 5.74) is 3.77. The van der Waals surface area contributed by atoms with Crippen molar-refractivity contribution in [3.8, 4) is 17.0 Å². The van der Waals surface area contributed by atoms with Crippen LogP contribution in [0.3, 0.4) is 0 Å². The van der Waals surface area contributed by atoms with E-state index in [4.69, 9.17) is 14.7 Å². The number of pyridine rings is 1. The first-order valence-electron chi connectivity index (χ1n) is 11.6. The molecular weight excluding hydrogens is 448 g/mol. The molecule has 35 heavy (non-hydrogen) atoms. The zero-order valence-electron chi connectivity index (χ0n) is 20.1. The number of fused-ring (bicyclic) bond motifs is 1. The minimum absolute atomic E-state index is 0.0385. The first kappa shape index (κ1) is 22.8. The molecule has 2 aliphatic rings. The molecule has 5 heterocycles. The fourth-order valence-corrected chi connectivity index (χ4v) is 4.46. The number of hydrogen-bond donors (Lipinski definition) is 0. The summed E-state index contributed by atoms with van der Waals surface area (Å²) in [7, 11) is 3.44. The van der Waals surface area contributed by atoms with Crippen LogP contribution in [0.1, 0.15) is 28.8 Å². The van der Waals surface area contributed by atoms with Crippen molar-refractivity contribution in [3.05, 3.63) is 47.8 Å². The Labute approximate surface area is 203 Å². The zero-order valence-corrected chi connectivity index (χ0v) is 20.1. The van der Waals surface area contributed by atoms with Gasteiger partial charge in [-0.25, -0.2) is 15.0 Å². The molecule has 0 N–H and O–H groups in total. The van der Waals surface area contributed by atoms with Gasteiger partial charge in [0.25, 0.3) is 5.91 Å². The molecule has 3 aromatic heterocycles. The molecule has 182 valence electrons. The van der Waals surface area contributed by atoms with Gasteiger partial charge in [0, 0.05) is 64.9 Å². The van der Waals surface area contributed by atoms with E-state index in [1.54, 1.807) is 48.1 Å². The second-order valence-corrected chi connectivity index (χ2v) is 8.74. The van der Waals surface area contributed by atoms with Gasteiger partial charge in [0.05, 0.1) is 37.4 Å². The number of hydrogen-bond acceptors (Lipinski definition) is 8. The van der Waals surface area contributed by atoms with E-state index in [0.717, 1.165) is 28.5 Å². The van der Waals surface area contributed by atoms with Crippen LogP contribution in [0.2, 0.25) is 0 Å². The van der Waals surface area contributed by atoms with Gasteiger partial charge in [-0.15, -0.1) is 0 Å². The molecule has 0 atom stereocenters. The lowest BCUT2D eigenvalue weighted by molar-refractivity contribution is -0.129. The molecule has 1 fully saturated rings. The summed E-state index contributed by atoms with van der Waals surface area (Å²) >= 11 is 0. The first-order valence-corrected chi connectivity index (χ1v) is 11.6. The lowest BCUT2D eigenvalue weighted by Gasteiger charge is -2.36. The van der Waals surface area contributed by atoms with E-state index in [1.165, 1.54) is 0 Å². The van der Waals surface area contributed by atoms with Crippen LogP contribution in [0.5, 0.6) is 5.75 Å². The van der Waals surface area contributed by atoms with Crippen LogP contribution in [0.25, 0.3) is 11.3 Å². The molecule has 3 aromatic rings. The Morgan fingerprint density at radius 2 is 1.77 bits per heavy atom. The maximum Gasteiger partial charge on any atom is 0.272 e. The van der Waals surface area contributed by atoms with Crippen LogP contribution < -0.4 is 9.64 Å². The lowest BCUT2D eigenvalue weighted by atomic mass is 10.1. The van der Waals surface area contributed by atoms with Gasteiger partial charge in [-0.3, -0.25) is 14.3 Å². The van der Waals surface area contributed by atoms with Crippen molar-refractivity contribution in [1.82, 2.24) is 34.5 Å². The van der Waals surface area contributed by atoms with Gasteiger partial charge in [0.2, 0.25) is 5.91 Å². The zero-order chi connectivity index (χ0) is 24.5. The highest BCUT2D eigenvalue weighted by atomic mass is 16.5. The predicted molar refractivity (Wildman–Crippen MR) is 128 cm³/mol. The summed E-state index contributed by atoms with van der Waals surface area (Å²) in [6.45, 7) is 5.04. The topological polar surface area (TPSA) is 110 Å². The number of nitrogens with zero attached hydrogens (tertiary/aromatic N) is 8. The van der Waals surface area contributed by atoms with Crippen LogP contribution in [0.15, 0.2) is 30.7 Å². The lowest BCUT2D eigenvalue weighted by Crippen LogP contribution is -2.49. The van der Waals surface area contributed by atoms with Gasteiger partial charge in [0.1, 0.15) is 17.1 Å². The number of rotatable bonds is 4. The molecule has 0 unspecified atom stereocenters. The van der Waals surface area contributed by atoms with Crippen molar-refractivity contribution in [2.45, 2.75) is 19.9 Å². The van der Waals surface area contributed by atoms with E-state index in [1.807, 2.05) is 18.1 Å². The van der Waals surface area contributed by atoms with E-state index < -0.39 is 0 Å². The molecule has 11 heteroatoms. The van der Waals surface area contributed by atoms with Crippen LogP contribution in [0.4, 0.5) is 5.82 Å². The average molecular weight is 477 g/mol. The van der Waals surface area contributed by atoms with Crippen molar-refractivity contribution in [1.29, 1.82) is 0 Å². The molecule has 5 rings (SSSR count). The highest BCUT2D eigenvalue weighted by Crippen LogP contribution is 2.31. The van der Waals surface area contributed by atoms with E-state index >= 15 is 0 Å². The predicted octanol–water partition coefficient (Wildman–Crippen LogP) is 1.15. The normalized spacial score (nSPS) is 15.7. The molecule has 0 aliphatic carbocycles. The minimum Gasteiger partial charge on any atom is -0.495 e. The molecular formula is C24H28N8O3. The third-order valence-electron chi connectivity index (χ3n) is 6.47. The fourth-order valence-electron chi connectivity index (χ4n) is 4.46. The van der Waals surface area contributed by atoms with Crippen molar-refractivity contribution < 1.29 is 14.3 Å². The molecule has 2 aliphatic heterocycles. The molecule has 0 saturated carbocycles. The monoisotopic (exact) mass is 476 g/mol. The Hall–Kier alpha value is -4.02. The largest absolute Gasteiger partial charge is 0.495 e. The number of ether oxygens (including phenoxy) is 1. The van der Waals surface area contributed by atoms with Gasteiger partial charge in [-0.1, -0.05) is 0 Å². The quantitative estimate of drug-likeness (QED) is 0.552. The summed E-state index contributed by atoms with van der Waals surface area (Å²) in [5, 5.41) is 4.31. The molecule has 0 radical (unpaired) electrons. The second kappa shape index (κ2) is 9.32. The smallest absolute Gasteiger partial charge is 0.272 e. The highest BCUT2D eigenvalue weighted by Gasteiger charge is 2.29. The molecule has 11 nitrogen and oxygen atoms in total. The van der Waals surface area contributed by atoms with Gasteiger partial charge in [-0.2, -0.15) is 5.10 Å². The van der Waals surface area contributed by atoms with Crippen LogP contribution in [0, 0.1) is 0 Å². The van der Waals surface area contributed by atoms with E-state index in [-0.39, 0.29) is 11.8 Å². The third kappa shape index (κ3) is 4.53. The number of anilines is 1. The Bertz CT molecular complexity index is 1250. The van der Waals surface area contributed by atoms with Gasteiger partial charge in [-0.05, 0) is 12.1 Å². The van der Waals surface area contributed by atoms with E-state index in [9.17, 15) is 9.59 Å². The summed E-state index contributed by atoms with van der Waals surface area (Å²) < 4.78 is 6.87. The van der Waals surface area contributed by atoms with E-state index in [0.29, 0.717) is 57.1 Å². The highest BCUT2D eigenvalue weighted by molar-refractivity contribution is 5.92. The first-order chi connectivity index (χ1) is 16.9. The van der Waals surface area contributed by atoms with Crippen molar-refractivity contribution in [2.75, 3.05) is 44.7 Å². The van der Waals surface area contributed by atoms with Gasteiger partial charge < -0.3 is 19.4 Å². The SMILES string of the molecule is COc1ccc(C(=O)N2CCN(c3nc4c(nc3-c3cnn(C)c3)CN(C(C)=O)CC4)CC2)nc1. The average Bonchev–Trinajstić information content (AvgIpc) is 3.33. The number of methoxy groups -OCH3 is 1. The summed E-state index contributed by atoms with van der Waals surface area (Å²) in [5.74, 6) is 1.35. The maximum absolute atomic E-state index is 12.9. The molecule has 1 saturated heterocycles. The number of aromatic nitrogens is 5. The van der Waals surface area contributed by atoms with Gasteiger partial charge in [0.15, 0.2) is 5.82 Å². The van der Waals surface area contributed by atoms with Gasteiger partial charge >= 0.3 is 0 Å². The summed E-state index contributed by atoms with van der Waals surface area (Å²) in [6, 6.07) is 3.43. The minimum atomic E-state index is -0.0966. The summed E-state index contributed by atoms with van der Waals surface area (Å²) in [6.07, 6.45) is 5.92. The van der Waals surface area contributed by atoms with Crippen molar-refractivity contribution in [2.24, 2.45) is 7.05 Å². The number of amides is 2. The summed E-state index contributed by atoms with van der Waals surface area (Å²) in [4.78, 5) is 44.9. The molecule has 0 spiro atoms. The van der Waals surface area contributed by atoms with Crippen LogP contribution >= 0.6 is 0 Å². The molecule has 0 bridgehead atoms. The Morgan fingerprint density at radius 3 is 2.40 bits per heavy atom. The van der Waals surface area contributed by atoms with Crippen molar-refractivity contribution >= 4 is 17.6 Å². The second-order valence-electron chi connectivity index (χ2n) is 8.74. The number of piperazine rings is 1. The van der Waals surface area contributed by atoms with Crippen molar-refractivity contribution in [3.63, 3.8) is 0 Å². The molecule has 2 amide bonds. The standard InChI is InChI=1S/C24H28N8O3/c1-16(33)32-7-6-19-21(15-32)27-22(17-12-26-29(2)14-17)23(28-19)30-8-10-31(11-9-30)24(34)20-5-4-18(35-3)13-25-20/h4-5,12-14H,6-11,15H2,1-3H3. The van der Waals surface area contributed by atoms with E-state index in [2.05, 4.69) is 15.0 Å². The third-order valence-corrected chi connectivity index (χ3v) is 6.47. The molecule has 0 aromatic carbocycles.